The highest BCUT2D eigenvalue weighted by Gasteiger charge is 2.20. The number of carboxylic acid groups (broad SMARTS) is 1. The Balaban J connectivity index is 1.88. The highest BCUT2D eigenvalue weighted by molar-refractivity contribution is 9.10. The summed E-state index contributed by atoms with van der Waals surface area (Å²) >= 11 is 3.42. The van der Waals surface area contributed by atoms with Gasteiger partial charge in [0.25, 0.3) is 0 Å². The fraction of sp³-hybridized carbons (Fsp3) is 0.533. The molecule has 1 aromatic carbocycles. The van der Waals surface area contributed by atoms with Crippen LogP contribution in [-0.2, 0) is 16.0 Å². The van der Waals surface area contributed by atoms with Crippen LogP contribution in [0.15, 0.2) is 28.7 Å². The Labute approximate surface area is 127 Å². The molecule has 0 radical (unpaired) electrons. The molecule has 1 saturated heterocycles. The van der Waals surface area contributed by atoms with E-state index in [1.807, 2.05) is 24.3 Å². The van der Waals surface area contributed by atoms with Crippen molar-refractivity contribution in [2.45, 2.75) is 12.8 Å². The first-order chi connectivity index (χ1) is 9.65. The van der Waals surface area contributed by atoms with Crippen molar-refractivity contribution in [3.8, 4) is 0 Å². The summed E-state index contributed by atoms with van der Waals surface area (Å²) < 4.78 is 6.29. The summed E-state index contributed by atoms with van der Waals surface area (Å²) in [6.07, 6.45) is 1.26. The lowest BCUT2D eigenvalue weighted by molar-refractivity contribution is -0.142. The molecule has 1 aliphatic heterocycles. The lowest BCUT2D eigenvalue weighted by Crippen LogP contribution is -2.38. The van der Waals surface area contributed by atoms with E-state index in [1.165, 1.54) is 0 Å². The Kier molecular flexibility index (Phi) is 6.01. The van der Waals surface area contributed by atoms with Crippen molar-refractivity contribution in [1.82, 2.24) is 4.90 Å². The Morgan fingerprint density at radius 1 is 1.40 bits per heavy atom. The van der Waals surface area contributed by atoms with E-state index in [2.05, 4.69) is 20.8 Å². The van der Waals surface area contributed by atoms with Crippen LogP contribution < -0.4 is 0 Å². The monoisotopic (exact) mass is 341 g/mol. The molecule has 110 valence electrons. The van der Waals surface area contributed by atoms with Crippen LogP contribution in [0, 0.1) is 5.92 Å². The molecular formula is C15H20BrNO3. The van der Waals surface area contributed by atoms with E-state index in [-0.39, 0.29) is 5.92 Å². The second-order valence-corrected chi connectivity index (χ2v) is 6.03. The van der Waals surface area contributed by atoms with Crippen molar-refractivity contribution < 1.29 is 14.6 Å². The zero-order chi connectivity index (χ0) is 14.4. The van der Waals surface area contributed by atoms with E-state index in [0.29, 0.717) is 12.8 Å². The number of carbonyl (C=O) groups is 1. The molecule has 0 aliphatic carbocycles. The number of hydrogen-bond donors (Lipinski definition) is 1. The number of benzene rings is 1. The number of hydrogen-bond acceptors (Lipinski definition) is 3. The second-order valence-electron chi connectivity index (χ2n) is 5.11. The van der Waals surface area contributed by atoms with Crippen LogP contribution in [0.25, 0.3) is 0 Å². The van der Waals surface area contributed by atoms with Crippen LogP contribution in [0.5, 0.6) is 0 Å². The summed E-state index contributed by atoms with van der Waals surface area (Å²) in [7, 11) is 0. The molecule has 5 heteroatoms. The summed E-state index contributed by atoms with van der Waals surface area (Å²) in [4.78, 5) is 13.7. The topological polar surface area (TPSA) is 49.8 Å². The van der Waals surface area contributed by atoms with Gasteiger partial charge in [0.15, 0.2) is 0 Å². The van der Waals surface area contributed by atoms with Crippen LogP contribution in [-0.4, -0.2) is 48.8 Å². The van der Waals surface area contributed by atoms with Crippen molar-refractivity contribution in [1.29, 1.82) is 0 Å². The SMILES string of the molecule is O=C(O)C(CCN1CCOCC1)Cc1cccc(Br)c1. The molecule has 0 amide bonds. The number of ether oxygens (including phenoxy) is 1. The summed E-state index contributed by atoms with van der Waals surface area (Å²) in [5.41, 5.74) is 1.06. The molecular weight excluding hydrogens is 322 g/mol. The van der Waals surface area contributed by atoms with Crippen LogP contribution in [0.4, 0.5) is 0 Å². The summed E-state index contributed by atoms with van der Waals surface area (Å²) in [5.74, 6) is -1.04. The van der Waals surface area contributed by atoms with Gasteiger partial charge >= 0.3 is 5.97 Å². The minimum absolute atomic E-state index is 0.327. The third-order valence-electron chi connectivity index (χ3n) is 3.62. The van der Waals surface area contributed by atoms with E-state index in [0.717, 1.165) is 42.9 Å². The first kappa shape index (κ1) is 15.5. The van der Waals surface area contributed by atoms with Crippen LogP contribution in [0.3, 0.4) is 0 Å². The number of carboxylic acids is 1. The minimum atomic E-state index is -0.710. The number of rotatable bonds is 6. The normalized spacial score (nSPS) is 17.9. The average molecular weight is 342 g/mol. The molecule has 4 nitrogen and oxygen atoms in total. The highest BCUT2D eigenvalue weighted by Crippen LogP contribution is 2.18. The zero-order valence-corrected chi connectivity index (χ0v) is 13.0. The molecule has 1 fully saturated rings. The number of nitrogens with zero attached hydrogens (tertiary/aromatic N) is 1. The Morgan fingerprint density at radius 3 is 2.80 bits per heavy atom. The predicted octanol–water partition coefficient (Wildman–Crippen LogP) is 2.41. The van der Waals surface area contributed by atoms with Gasteiger partial charge in [-0.2, -0.15) is 0 Å². The van der Waals surface area contributed by atoms with Gasteiger partial charge in [-0.05, 0) is 37.1 Å². The smallest absolute Gasteiger partial charge is 0.306 e. The molecule has 0 aromatic heterocycles. The number of morpholine rings is 1. The number of aliphatic carboxylic acids is 1. The Bertz CT molecular complexity index is 446. The lowest BCUT2D eigenvalue weighted by Gasteiger charge is -2.27. The highest BCUT2D eigenvalue weighted by atomic mass is 79.9. The van der Waals surface area contributed by atoms with Gasteiger partial charge in [-0.25, -0.2) is 0 Å². The summed E-state index contributed by atoms with van der Waals surface area (Å²) in [6.45, 7) is 4.15. The van der Waals surface area contributed by atoms with Crippen molar-refractivity contribution in [2.24, 2.45) is 5.92 Å². The zero-order valence-electron chi connectivity index (χ0n) is 11.4. The molecule has 1 aromatic rings. The van der Waals surface area contributed by atoms with Crippen molar-refractivity contribution >= 4 is 21.9 Å². The van der Waals surface area contributed by atoms with Gasteiger partial charge in [-0.3, -0.25) is 9.69 Å². The molecule has 1 atom stereocenters. The summed E-state index contributed by atoms with van der Waals surface area (Å²) in [5, 5.41) is 9.38. The van der Waals surface area contributed by atoms with Crippen LogP contribution in [0.2, 0.25) is 0 Å². The fourth-order valence-electron chi connectivity index (χ4n) is 2.42. The maximum atomic E-state index is 11.4. The third kappa shape index (κ3) is 4.89. The molecule has 1 aliphatic rings. The molecule has 20 heavy (non-hydrogen) atoms. The van der Waals surface area contributed by atoms with Crippen molar-refractivity contribution in [3.63, 3.8) is 0 Å². The van der Waals surface area contributed by atoms with Crippen LogP contribution >= 0.6 is 15.9 Å². The van der Waals surface area contributed by atoms with Crippen molar-refractivity contribution in [2.75, 3.05) is 32.8 Å². The Morgan fingerprint density at radius 2 is 2.15 bits per heavy atom. The van der Waals surface area contributed by atoms with E-state index in [1.54, 1.807) is 0 Å². The molecule has 0 bridgehead atoms. The van der Waals surface area contributed by atoms with Gasteiger partial charge in [-0.1, -0.05) is 28.1 Å². The first-order valence-corrected chi connectivity index (χ1v) is 7.72. The van der Waals surface area contributed by atoms with Crippen LogP contribution in [0.1, 0.15) is 12.0 Å². The molecule has 0 spiro atoms. The van der Waals surface area contributed by atoms with Gasteiger partial charge in [-0.15, -0.1) is 0 Å². The average Bonchev–Trinajstić information content (AvgIpc) is 2.44. The van der Waals surface area contributed by atoms with Gasteiger partial charge in [0.2, 0.25) is 0 Å². The minimum Gasteiger partial charge on any atom is -0.481 e. The van der Waals surface area contributed by atoms with E-state index in [4.69, 9.17) is 4.74 Å². The van der Waals surface area contributed by atoms with Gasteiger partial charge in [0.1, 0.15) is 0 Å². The van der Waals surface area contributed by atoms with Crippen molar-refractivity contribution in [3.05, 3.63) is 34.3 Å². The molecule has 1 unspecified atom stereocenters. The lowest BCUT2D eigenvalue weighted by atomic mass is 9.96. The van der Waals surface area contributed by atoms with E-state index < -0.39 is 5.97 Å². The standard InChI is InChI=1S/C15H20BrNO3/c16-14-3-1-2-12(11-14)10-13(15(18)19)4-5-17-6-8-20-9-7-17/h1-3,11,13H,4-10H2,(H,18,19). The van der Waals surface area contributed by atoms with E-state index in [9.17, 15) is 9.90 Å². The third-order valence-corrected chi connectivity index (χ3v) is 4.11. The fourth-order valence-corrected chi connectivity index (χ4v) is 2.87. The maximum absolute atomic E-state index is 11.4. The van der Waals surface area contributed by atoms with E-state index >= 15 is 0 Å². The quantitative estimate of drug-likeness (QED) is 0.863. The molecule has 1 heterocycles. The molecule has 1 N–H and O–H groups in total. The number of halogens is 1. The summed E-state index contributed by atoms with van der Waals surface area (Å²) in [6, 6.07) is 7.87. The largest absolute Gasteiger partial charge is 0.481 e. The molecule has 2 rings (SSSR count). The Hall–Kier alpha value is -0.910. The van der Waals surface area contributed by atoms with Gasteiger partial charge < -0.3 is 9.84 Å². The maximum Gasteiger partial charge on any atom is 0.306 e. The first-order valence-electron chi connectivity index (χ1n) is 6.92. The van der Waals surface area contributed by atoms with Gasteiger partial charge in [0, 0.05) is 17.6 Å². The molecule has 0 saturated carbocycles. The second kappa shape index (κ2) is 7.76. The predicted molar refractivity (Wildman–Crippen MR) is 80.8 cm³/mol. The van der Waals surface area contributed by atoms with Gasteiger partial charge in [0.05, 0.1) is 19.1 Å².